The monoisotopic (exact) mass is 228 g/mol. The van der Waals surface area contributed by atoms with Gasteiger partial charge >= 0.3 is 0 Å². The van der Waals surface area contributed by atoms with Crippen LogP contribution in [0.25, 0.3) is 10.9 Å². The van der Waals surface area contributed by atoms with Crippen molar-refractivity contribution in [2.75, 3.05) is 0 Å². The zero-order valence-electron chi connectivity index (χ0n) is 9.76. The molecule has 0 radical (unpaired) electrons. The molecule has 17 heavy (non-hydrogen) atoms. The Bertz CT molecular complexity index is 587. The summed E-state index contributed by atoms with van der Waals surface area (Å²) in [5.41, 5.74) is 2.27. The Morgan fingerprint density at radius 2 is 2.18 bits per heavy atom. The lowest BCUT2D eigenvalue weighted by Gasteiger charge is -2.26. The molecule has 1 saturated carbocycles. The second kappa shape index (κ2) is 3.25. The van der Waals surface area contributed by atoms with Crippen LogP contribution in [0.1, 0.15) is 37.4 Å². The fourth-order valence-corrected chi connectivity index (χ4v) is 3.75. The van der Waals surface area contributed by atoms with E-state index in [1.807, 2.05) is 18.3 Å². The second-order valence-corrected chi connectivity index (χ2v) is 5.36. The zero-order chi connectivity index (χ0) is 11.4. The number of fused-ring (bicyclic) bond motifs is 5. The molecule has 1 aliphatic heterocycles. The number of hydrogen-bond donors (Lipinski definition) is 1. The summed E-state index contributed by atoms with van der Waals surface area (Å²) < 4.78 is 2.17. The van der Waals surface area contributed by atoms with Crippen LogP contribution in [0, 0.1) is 5.92 Å². The van der Waals surface area contributed by atoms with Crippen LogP contribution in [0.5, 0.6) is 5.88 Å². The minimum Gasteiger partial charge on any atom is -0.494 e. The van der Waals surface area contributed by atoms with Crippen molar-refractivity contribution in [3.63, 3.8) is 0 Å². The standard InChI is InChI=1S/C14H16N2O/c17-14-10-5-3-7-15-13(10)12-8-9-4-1-2-6-11(9)16(12)14/h3,5,7,9,11,17H,1-2,4,6,8H2. The second-order valence-electron chi connectivity index (χ2n) is 5.36. The Morgan fingerprint density at radius 3 is 3.12 bits per heavy atom. The van der Waals surface area contributed by atoms with Crippen LogP contribution in [-0.4, -0.2) is 14.7 Å². The number of nitrogens with zero attached hydrogens (tertiary/aromatic N) is 2. The van der Waals surface area contributed by atoms with Crippen LogP contribution < -0.4 is 0 Å². The molecule has 0 aromatic carbocycles. The zero-order valence-corrected chi connectivity index (χ0v) is 9.76. The largest absolute Gasteiger partial charge is 0.494 e. The molecule has 0 spiro atoms. The van der Waals surface area contributed by atoms with Gasteiger partial charge in [-0.2, -0.15) is 0 Å². The molecule has 0 bridgehead atoms. The fourth-order valence-electron chi connectivity index (χ4n) is 3.75. The quantitative estimate of drug-likeness (QED) is 0.752. The van der Waals surface area contributed by atoms with E-state index < -0.39 is 0 Å². The van der Waals surface area contributed by atoms with Crippen LogP contribution in [0.2, 0.25) is 0 Å². The fraction of sp³-hybridized carbons (Fsp3) is 0.500. The molecule has 2 aromatic heterocycles. The third-order valence-electron chi connectivity index (χ3n) is 4.50. The molecule has 2 aliphatic rings. The van der Waals surface area contributed by atoms with Gasteiger partial charge in [-0.1, -0.05) is 12.8 Å². The molecule has 1 N–H and O–H groups in total. The van der Waals surface area contributed by atoms with Crippen molar-refractivity contribution in [3.05, 3.63) is 24.0 Å². The molecule has 1 aliphatic carbocycles. The average Bonchev–Trinajstić information content (AvgIpc) is 2.88. The smallest absolute Gasteiger partial charge is 0.201 e. The summed E-state index contributed by atoms with van der Waals surface area (Å²) in [7, 11) is 0. The van der Waals surface area contributed by atoms with Gasteiger partial charge in [0.2, 0.25) is 5.88 Å². The first-order valence-corrected chi connectivity index (χ1v) is 6.53. The molecule has 4 rings (SSSR count). The predicted molar refractivity (Wildman–Crippen MR) is 66.1 cm³/mol. The SMILES string of the molecule is Oc1c2cccnc2c2n1C1CCCCC1C2. The van der Waals surface area contributed by atoms with E-state index in [0.29, 0.717) is 11.9 Å². The van der Waals surface area contributed by atoms with Gasteiger partial charge < -0.3 is 9.67 Å². The Kier molecular flexibility index (Phi) is 1.82. The summed E-state index contributed by atoms with van der Waals surface area (Å²) >= 11 is 0. The van der Waals surface area contributed by atoms with Gasteiger partial charge in [-0.15, -0.1) is 0 Å². The molecule has 3 nitrogen and oxygen atoms in total. The highest BCUT2D eigenvalue weighted by molar-refractivity contribution is 5.87. The Labute approximate surface area is 100 Å². The van der Waals surface area contributed by atoms with Crippen molar-refractivity contribution in [1.82, 2.24) is 9.55 Å². The lowest BCUT2D eigenvalue weighted by molar-refractivity contribution is 0.261. The van der Waals surface area contributed by atoms with Gasteiger partial charge in [-0.3, -0.25) is 4.98 Å². The Morgan fingerprint density at radius 1 is 1.29 bits per heavy atom. The van der Waals surface area contributed by atoms with Gasteiger partial charge in [-0.25, -0.2) is 0 Å². The first-order valence-electron chi connectivity index (χ1n) is 6.53. The average molecular weight is 228 g/mol. The van der Waals surface area contributed by atoms with Crippen molar-refractivity contribution >= 4 is 10.9 Å². The predicted octanol–water partition coefficient (Wildman–Crippen LogP) is 3.03. The maximum atomic E-state index is 10.4. The van der Waals surface area contributed by atoms with Crippen LogP contribution >= 0.6 is 0 Å². The highest BCUT2D eigenvalue weighted by Crippen LogP contribution is 2.48. The van der Waals surface area contributed by atoms with E-state index in [4.69, 9.17) is 0 Å². The number of rotatable bonds is 0. The lowest BCUT2D eigenvalue weighted by atomic mass is 9.84. The van der Waals surface area contributed by atoms with Gasteiger partial charge in [0.25, 0.3) is 0 Å². The highest BCUT2D eigenvalue weighted by Gasteiger charge is 2.37. The summed E-state index contributed by atoms with van der Waals surface area (Å²) in [6.45, 7) is 0. The van der Waals surface area contributed by atoms with E-state index in [9.17, 15) is 5.11 Å². The van der Waals surface area contributed by atoms with Crippen molar-refractivity contribution in [1.29, 1.82) is 0 Å². The van der Waals surface area contributed by atoms with Crippen LogP contribution in [0.15, 0.2) is 18.3 Å². The van der Waals surface area contributed by atoms with E-state index in [2.05, 4.69) is 9.55 Å². The van der Waals surface area contributed by atoms with E-state index in [0.717, 1.165) is 23.2 Å². The molecule has 3 heterocycles. The van der Waals surface area contributed by atoms with E-state index in [-0.39, 0.29) is 0 Å². The minimum atomic E-state index is 0.442. The van der Waals surface area contributed by atoms with Gasteiger partial charge in [0.1, 0.15) is 0 Å². The Hall–Kier alpha value is -1.51. The van der Waals surface area contributed by atoms with Crippen LogP contribution in [-0.2, 0) is 6.42 Å². The van der Waals surface area contributed by atoms with Crippen LogP contribution in [0.4, 0.5) is 0 Å². The summed E-state index contributed by atoms with van der Waals surface area (Å²) in [6, 6.07) is 4.39. The summed E-state index contributed by atoms with van der Waals surface area (Å²) in [5.74, 6) is 1.17. The first kappa shape index (κ1) is 9.51. The van der Waals surface area contributed by atoms with Gasteiger partial charge in [0.15, 0.2) is 0 Å². The molecular formula is C14H16N2O. The molecule has 88 valence electrons. The molecular weight excluding hydrogens is 212 g/mol. The summed E-state index contributed by atoms with van der Waals surface area (Å²) in [4.78, 5) is 4.45. The van der Waals surface area contributed by atoms with Crippen molar-refractivity contribution in [2.45, 2.75) is 38.1 Å². The molecule has 2 atom stereocenters. The maximum absolute atomic E-state index is 10.4. The van der Waals surface area contributed by atoms with Crippen molar-refractivity contribution < 1.29 is 5.11 Å². The molecule has 3 heteroatoms. The summed E-state index contributed by atoms with van der Waals surface area (Å²) in [6.07, 6.45) is 8.08. The number of aromatic nitrogens is 2. The molecule has 0 saturated heterocycles. The first-order chi connectivity index (χ1) is 8.36. The Balaban J connectivity index is 1.97. The number of pyridine rings is 1. The normalized spacial score (nSPS) is 27.1. The number of aromatic hydroxyl groups is 1. The van der Waals surface area contributed by atoms with Gasteiger partial charge in [-0.05, 0) is 37.3 Å². The van der Waals surface area contributed by atoms with Crippen molar-refractivity contribution in [2.24, 2.45) is 5.92 Å². The number of hydrogen-bond acceptors (Lipinski definition) is 2. The van der Waals surface area contributed by atoms with Gasteiger partial charge in [0.05, 0.1) is 10.9 Å². The molecule has 0 amide bonds. The molecule has 1 fully saturated rings. The lowest BCUT2D eigenvalue weighted by Crippen LogP contribution is -2.16. The molecule has 2 aromatic rings. The minimum absolute atomic E-state index is 0.442. The summed E-state index contributed by atoms with van der Waals surface area (Å²) in [5, 5.41) is 11.3. The molecule has 2 unspecified atom stereocenters. The van der Waals surface area contributed by atoms with Crippen molar-refractivity contribution in [3.8, 4) is 5.88 Å². The third kappa shape index (κ3) is 1.14. The third-order valence-corrected chi connectivity index (χ3v) is 4.50. The van der Waals surface area contributed by atoms with Gasteiger partial charge in [0, 0.05) is 17.9 Å². The van der Waals surface area contributed by atoms with E-state index in [1.165, 1.54) is 31.4 Å². The maximum Gasteiger partial charge on any atom is 0.201 e. The highest BCUT2D eigenvalue weighted by atomic mass is 16.3. The van der Waals surface area contributed by atoms with E-state index in [1.54, 1.807) is 0 Å². The van der Waals surface area contributed by atoms with Crippen LogP contribution in [0.3, 0.4) is 0 Å². The van der Waals surface area contributed by atoms with E-state index >= 15 is 0 Å². The topological polar surface area (TPSA) is 38.1 Å².